The zero-order valence-electron chi connectivity index (χ0n) is 11.9. The van der Waals surface area contributed by atoms with Gasteiger partial charge < -0.3 is 4.84 Å². The first-order valence-corrected chi connectivity index (χ1v) is 6.51. The minimum atomic E-state index is -0.335. The highest BCUT2D eigenvalue weighted by Gasteiger charge is 2.11. The minimum Gasteiger partial charge on any atom is -0.394 e. The van der Waals surface area contributed by atoms with Crippen LogP contribution >= 0.6 is 0 Å². The number of rotatable bonds is 5. The number of anilines is 1. The van der Waals surface area contributed by atoms with Crippen molar-refractivity contribution in [3.8, 4) is 12.3 Å². The van der Waals surface area contributed by atoms with Crippen LogP contribution in [0.5, 0.6) is 0 Å². The molecule has 1 aromatic heterocycles. The number of nitrogens with one attached hydrogen (secondary N) is 1. The highest BCUT2D eigenvalue weighted by molar-refractivity contribution is 5.78. The Kier molecular flexibility index (Phi) is 4.57. The first-order valence-electron chi connectivity index (χ1n) is 6.51. The van der Waals surface area contributed by atoms with Crippen molar-refractivity contribution in [3.63, 3.8) is 0 Å². The van der Waals surface area contributed by atoms with Gasteiger partial charge in [-0.25, -0.2) is 10.4 Å². The van der Waals surface area contributed by atoms with Gasteiger partial charge in [0.15, 0.2) is 6.61 Å². The lowest BCUT2D eigenvalue weighted by Crippen LogP contribution is -2.30. The van der Waals surface area contributed by atoms with Crippen LogP contribution in [0.1, 0.15) is 13.8 Å². The molecule has 6 nitrogen and oxygen atoms in total. The molecule has 0 amide bonds. The molecule has 2 rings (SSSR count). The average Bonchev–Trinajstić information content (AvgIpc) is 2.46. The van der Waals surface area contributed by atoms with Crippen molar-refractivity contribution in [1.82, 2.24) is 9.71 Å². The Morgan fingerprint density at radius 1 is 1.52 bits per heavy atom. The molecule has 0 spiro atoms. The molecule has 1 aromatic carbocycles. The van der Waals surface area contributed by atoms with Gasteiger partial charge in [-0.1, -0.05) is 31.9 Å². The summed E-state index contributed by atoms with van der Waals surface area (Å²) in [6.07, 6.45) is 6.87. The number of hydrazone groups is 1. The van der Waals surface area contributed by atoms with Crippen molar-refractivity contribution >= 4 is 23.1 Å². The molecule has 6 heteroatoms. The number of hydrogen-bond acceptors (Lipinski definition) is 5. The molecular weight excluding hydrogens is 268 g/mol. The third-order valence-corrected chi connectivity index (χ3v) is 2.55. The summed E-state index contributed by atoms with van der Waals surface area (Å²) >= 11 is 0. The highest BCUT2D eigenvalue weighted by atomic mass is 16.7. The van der Waals surface area contributed by atoms with E-state index in [-0.39, 0.29) is 24.0 Å². The van der Waals surface area contributed by atoms with E-state index >= 15 is 0 Å². The number of para-hydroxylation sites is 1. The SMILES string of the molecule is C#CCOn1c(N/N=C\C(C)C)nc2ccccc2c1=O. The van der Waals surface area contributed by atoms with Crippen LogP contribution in [0.15, 0.2) is 34.2 Å². The summed E-state index contributed by atoms with van der Waals surface area (Å²) in [6, 6.07) is 7.00. The Morgan fingerprint density at radius 3 is 3.00 bits per heavy atom. The Bertz CT molecular complexity index is 756. The summed E-state index contributed by atoms with van der Waals surface area (Å²) < 4.78 is 1.03. The second kappa shape index (κ2) is 6.57. The number of aromatic nitrogens is 2. The molecule has 0 aliphatic rings. The molecular formula is C15H16N4O2. The lowest BCUT2D eigenvalue weighted by Gasteiger charge is -2.11. The molecule has 0 bridgehead atoms. The first-order chi connectivity index (χ1) is 10.1. The molecule has 0 saturated carbocycles. The van der Waals surface area contributed by atoms with Crippen LogP contribution in [0, 0.1) is 18.3 Å². The van der Waals surface area contributed by atoms with Crippen molar-refractivity contribution < 1.29 is 4.84 Å². The third kappa shape index (κ3) is 3.39. The van der Waals surface area contributed by atoms with E-state index in [1.165, 1.54) is 0 Å². The van der Waals surface area contributed by atoms with E-state index in [2.05, 4.69) is 21.4 Å². The molecule has 0 aliphatic heterocycles. The van der Waals surface area contributed by atoms with Crippen molar-refractivity contribution in [2.75, 3.05) is 12.0 Å². The fourth-order valence-corrected chi connectivity index (χ4v) is 1.65. The van der Waals surface area contributed by atoms with E-state index in [9.17, 15) is 4.79 Å². The van der Waals surface area contributed by atoms with Crippen LogP contribution in [-0.2, 0) is 0 Å². The standard InChI is InChI=1S/C15H16N4O2/c1-4-9-21-19-14(20)12-7-5-6-8-13(12)17-15(19)18-16-10-11(2)3/h1,5-8,10-11H,9H2,2-3H3,(H,17,18)/b16-10-. The van der Waals surface area contributed by atoms with Crippen molar-refractivity contribution in [1.29, 1.82) is 0 Å². The van der Waals surface area contributed by atoms with Gasteiger partial charge in [0.05, 0.1) is 10.9 Å². The van der Waals surface area contributed by atoms with Gasteiger partial charge >= 0.3 is 0 Å². The minimum absolute atomic E-state index is 0.0392. The number of benzene rings is 1. The normalized spacial score (nSPS) is 11.0. The van der Waals surface area contributed by atoms with Gasteiger partial charge in [0.2, 0.25) is 0 Å². The molecule has 1 N–H and O–H groups in total. The number of terminal acetylenes is 1. The smallest absolute Gasteiger partial charge is 0.296 e. The number of fused-ring (bicyclic) bond motifs is 1. The molecule has 0 atom stereocenters. The molecule has 108 valence electrons. The molecule has 1 heterocycles. The maximum absolute atomic E-state index is 12.4. The Hall–Kier alpha value is -2.81. The zero-order valence-corrected chi connectivity index (χ0v) is 11.9. The highest BCUT2D eigenvalue weighted by Crippen LogP contribution is 2.10. The average molecular weight is 284 g/mol. The predicted octanol–water partition coefficient (Wildman–Crippen LogP) is 1.51. The van der Waals surface area contributed by atoms with E-state index < -0.39 is 0 Å². The maximum atomic E-state index is 12.4. The van der Waals surface area contributed by atoms with Crippen LogP contribution in [-0.4, -0.2) is 22.5 Å². The summed E-state index contributed by atoms with van der Waals surface area (Å²) in [7, 11) is 0. The fourth-order valence-electron chi connectivity index (χ4n) is 1.65. The third-order valence-electron chi connectivity index (χ3n) is 2.55. The van der Waals surface area contributed by atoms with Gasteiger partial charge in [-0.15, -0.1) is 11.2 Å². The van der Waals surface area contributed by atoms with E-state index in [1.807, 2.05) is 19.9 Å². The number of hydrogen-bond donors (Lipinski definition) is 1. The summed E-state index contributed by atoms with van der Waals surface area (Å²) in [5, 5.41) is 4.48. The molecule has 0 saturated heterocycles. The zero-order chi connectivity index (χ0) is 15.2. The lowest BCUT2D eigenvalue weighted by molar-refractivity contribution is 0.134. The first kappa shape index (κ1) is 14.6. The molecule has 21 heavy (non-hydrogen) atoms. The topological polar surface area (TPSA) is 68.5 Å². The summed E-state index contributed by atoms with van der Waals surface area (Å²) in [6.45, 7) is 3.93. The lowest BCUT2D eigenvalue weighted by atomic mass is 10.2. The Balaban J connectivity index is 2.50. The second-order valence-corrected chi connectivity index (χ2v) is 4.66. The number of nitrogens with zero attached hydrogens (tertiary/aromatic N) is 3. The second-order valence-electron chi connectivity index (χ2n) is 4.66. The van der Waals surface area contributed by atoms with Crippen LogP contribution in [0.4, 0.5) is 5.95 Å². The van der Waals surface area contributed by atoms with Crippen molar-refractivity contribution in [3.05, 3.63) is 34.6 Å². The van der Waals surface area contributed by atoms with Gasteiger partial charge in [0, 0.05) is 6.21 Å². The van der Waals surface area contributed by atoms with E-state index in [0.717, 1.165) is 4.73 Å². The van der Waals surface area contributed by atoms with Gasteiger partial charge in [-0.2, -0.15) is 5.10 Å². The summed E-state index contributed by atoms with van der Waals surface area (Å²) in [5.41, 5.74) is 2.94. The largest absolute Gasteiger partial charge is 0.394 e. The van der Waals surface area contributed by atoms with Crippen LogP contribution in [0.25, 0.3) is 10.9 Å². The van der Waals surface area contributed by atoms with Gasteiger partial charge in [-0.05, 0) is 18.1 Å². The van der Waals surface area contributed by atoms with Crippen LogP contribution in [0.3, 0.4) is 0 Å². The Labute approximate surface area is 122 Å². The predicted molar refractivity (Wildman–Crippen MR) is 83.2 cm³/mol. The van der Waals surface area contributed by atoms with Gasteiger partial charge in [0.25, 0.3) is 11.5 Å². The van der Waals surface area contributed by atoms with Gasteiger partial charge in [-0.3, -0.25) is 4.79 Å². The van der Waals surface area contributed by atoms with Crippen molar-refractivity contribution in [2.24, 2.45) is 11.0 Å². The molecule has 0 aliphatic carbocycles. The molecule has 0 unspecified atom stereocenters. The van der Waals surface area contributed by atoms with E-state index in [0.29, 0.717) is 10.9 Å². The molecule has 2 aromatic rings. The van der Waals surface area contributed by atoms with Crippen LogP contribution < -0.4 is 15.8 Å². The van der Waals surface area contributed by atoms with E-state index in [4.69, 9.17) is 11.3 Å². The summed E-state index contributed by atoms with van der Waals surface area (Å²) in [5.74, 6) is 2.77. The van der Waals surface area contributed by atoms with Crippen LogP contribution in [0.2, 0.25) is 0 Å². The van der Waals surface area contributed by atoms with Gasteiger partial charge in [0.1, 0.15) is 0 Å². The Morgan fingerprint density at radius 2 is 2.29 bits per heavy atom. The molecule has 0 fully saturated rings. The summed E-state index contributed by atoms with van der Waals surface area (Å²) in [4.78, 5) is 22.0. The monoisotopic (exact) mass is 284 g/mol. The molecule has 0 radical (unpaired) electrons. The maximum Gasteiger partial charge on any atom is 0.296 e. The van der Waals surface area contributed by atoms with E-state index in [1.54, 1.807) is 24.4 Å². The van der Waals surface area contributed by atoms with Crippen molar-refractivity contribution in [2.45, 2.75) is 13.8 Å². The quantitative estimate of drug-likeness (QED) is 0.513. The fraction of sp³-hybridized carbons (Fsp3) is 0.267.